The van der Waals surface area contributed by atoms with E-state index in [1.807, 2.05) is 0 Å². The fraction of sp³-hybridized carbons (Fsp3) is 0.200. The van der Waals surface area contributed by atoms with Crippen LogP contribution < -0.4 is 0 Å². The average Bonchev–Trinajstić information content (AvgIpc) is 2.27. The minimum Gasteiger partial charge on any atom is -0.388 e. The minimum absolute atomic E-state index is 0.0896. The first-order valence-electron chi connectivity index (χ1n) is 3.90. The number of hydrogen-bond donors (Lipinski definition) is 2. The molecule has 4 heteroatoms. The number of carbonyl (C=O) groups is 2. The first-order valence-corrected chi connectivity index (χ1v) is 3.90. The zero-order chi connectivity index (χ0) is 10.6. The lowest BCUT2D eigenvalue weighted by Crippen LogP contribution is -2.10. The molecule has 2 N–H and O–H groups in total. The van der Waals surface area contributed by atoms with Crippen LogP contribution in [0, 0.1) is 0 Å². The van der Waals surface area contributed by atoms with Crippen molar-refractivity contribution >= 4 is 11.6 Å². The van der Waals surface area contributed by atoms with Gasteiger partial charge in [-0.1, -0.05) is 11.5 Å². The van der Waals surface area contributed by atoms with Gasteiger partial charge in [-0.25, -0.2) is 0 Å². The van der Waals surface area contributed by atoms with Crippen LogP contribution in [0.25, 0.3) is 0 Å². The van der Waals surface area contributed by atoms with Crippen LogP contribution in [0.3, 0.4) is 0 Å². The van der Waals surface area contributed by atoms with Crippen molar-refractivity contribution in [3.8, 4) is 0 Å². The number of ketones is 2. The molecule has 0 radical (unpaired) electrons. The van der Waals surface area contributed by atoms with Crippen LogP contribution in [0.4, 0.5) is 0 Å². The Hall–Kier alpha value is -1.70. The second-order valence-corrected chi connectivity index (χ2v) is 2.59. The van der Waals surface area contributed by atoms with Crippen molar-refractivity contribution in [2.75, 3.05) is 13.2 Å². The Balaban J connectivity index is 2.98. The summed E-state index contributed by atoms with van der Waals surface area (Å²) < 4.78 is 0. The zero-order valence-electron chi connectivity index (χ0n) is 7.28. The Morgan fingerprint density at radius 3 is 2.43 bits per heavy atom. The van der Waals surface area contributed by atoms with Crippen molar-refractivity contribution in [3.63, 3.8) is 0 Å². The van der Waals surface area contributed by atoms with Crippen molar-refractivity contribution in [3.05, 3.63) is 34.8 Å². The van der Waals surface area contributed by atoms with Crippen LogP contribution in [0.1, 0.15) is 0 Å². The third-order valence-corrected chi connectivity index (χ3v) is 1.64. The second-order valence-electron chi connectivity index (χ2n) is 2.59. The number of aliphatic hydroxyl groups is 2. The van der Waals surface area contributed by atoms with E-state index >= 15 is 0 Å². The van der Waals surface area contributed by atoms with Crippen LogP contribution in [0.2, 0.25) is 0 Å². The number of Topliss-reactive ketones (excluding diaryl/α,β-unsaturated/α-hetero) is 2. The van der Waals surface area contributed by atoms with E-state index in [1.165, 1.54) is 12.2 Å². The van der Waals surface area contributed by atoms with Crippen molar-refractivity contribution in [2.24, 2.45) is 0 Å². The van der Waals surface area contributed by atoms with Gasteiger partial charge < -0.3 is 10.2 Å². The highest BCUT2D eigenvalue weighted by Gasteiger charge is 2.11. The van der Waals surface area contributed by atoms with Gasteiger partial charge in [0.05, 0.1) is 5.57 Å². The van der Waals surface area contributed by atoms with Gasteiger partial charge in [-0.2, -0.15) is 0 Å². The third-order valence-electron chi connectivity index (χ3n) is 1.64. The van der Waals surface area contributed by atoms with Gasteiger partial charge in [0.2, 0.25) is 0 Å². The number of aliphatic hydroxyl groups excluding tert-OH is 2. The largest absolute Gasteiger partial charge is 0.388 e. The standard InChI is InChI=1S/C10H8O4/c11-5-9(13)7-2-1-3-8(4-7)10(14)6-12/h2,4,11-12H,5-6H2. The quantitative estimate of drug-likeness (QED) is 0.577. The summed E-state index contributed by atoms with van der Waals surface area (Å²) in [7, 11) is 0. The topological polar surface area (TPSA) is 74.6 Å². The van der Waals surface area contributed by atoms with Crippen molar-refractivity contribution in [1.82, 2.24) is 0 Å². The Bertz CT molecular complexity index is 402. The van der Waals surface area contributed by atoms with Crippen LogP contribution in [-0.4, -0.2) is 35.0 Å². The van der Waals surface area contributed by atoms with Gasteiger partial charge in [-0.15, -0.1) is 0 Å². The summed E-state index contributed by atoms with van der Waals surface area (Å²) in [6.07, 6.45) is 2.60. The van der Waals surface area contributed by atoms with E-state index in [1.54, 1.807) is 0 Å². The fourth-order valence-corrected chi connectivity index (χ4v) is 0.912. The molecule has 14 heavy (non-hydrogen) atoms. The molecular weight excluding hydrogens is 184 g/mol. The summed E-state index contributed by atoms with van der Waals surface area (Å²) >= 11 is 0. The molecule has 0 aromatic carbocycles. The van der Waals surface area contributed by atoms with Crippen molar-refractivity contribution in [1.29, 1.82) is 0 Å². The average molecular weight is 192 g/mol. The van der Waals surface area contributed by atoms with Crippen LogP contribution in [0.5, 0.6) is 0 Å². The van der Waals surface area contributed by atoms with Gasteiger partial charge in [0.15, 0.2) is 11.6 Å². The summed E-state index contributed by atoms with van der Waals surface area (Å²) in [4.78, 5) is 22.0. The molecule has 1 rings (SSSR count). The minimum atomic E-state index is -0.638. The second kappa shape index (κ2) is 4.51. The molecule has 0 aromatic heterocycles. The van der Waals surface area contributed by atoms with Crippen LogP contribution in [-0.2, 0) is 9.59 Å². The van der Waals surface area contributed by atoms with Gasteiger partial charge in [-0.05, 0) is 12.2 Å². The first kappa shape index (κ1) is 10.4. The van der Waals surface area contributed by atoms with E-state index in [0.29, 0.717) is 0 Å². The van der Waals surface area contributed by atoms with E-state index < -0.39 is 24.8 Å². The van der Waals surface area contributed by atoms with E-state index in [9.17, 15) is 9.59 Å². The highest BCUT2D eigenvalue weighted by atomic mass is 16.3. The number of allylic oxidation sites excluding steroid dienone is 2. The van der Waals surface area contributed by atoms with E-state index in [-0.39, 0.29) is 11.1 Å². The number of hydrogen-bond acceptors (Lipinski definition) is 4. The molecule has 0 unspecified atom stereocenters. The molecule has 0 amide bonds. The SMILES string of the molecule is O=C(CO)C1=C=C=CC(C(=O)CO)=C1. The summed E-state index contributed by atoms with van der Waals surface area (Å²) in [5, 5.41) is 17.1. The van der Waals surface area contributed by atoms with Crippen molar-refractivity contribution in [2.45, 2.75) is 0 Å². The molecule has 0 saturated heterocycles. The summed E-state index contributed by atoms with van der Waals surface area (Å²) in [5.74, 6) is -1.03. The molecule has 0 heterocycles. The fourth-order valence-electron chi connectivity index (χ4n) is 0.912. The Kier molecular flexibility index (Phi) is 3.35. The molecule has 1 aliphatic rings. The van der Waals surface area contributed by atoms with Crippen LogP contribution in [0.15, 0.2) is 34.8 Å². The van der Waals surface area contributed by atoms with Gasteiger partial charge in [0.1, 0.15) is 13.2 Å². The Morgan fingerprint density at radius 1 is 1.21 bits per heavy atom. The molecule has 72 valence electrons. The Morgan fingerprint density at radius 2 is 1.86 bits per heavy atom. The van der Waals surface area contributed by atoms with Gasteiger partial charge in [0.25, 0.3) is 0 Å². The number of rotatable bonds is 4. The third kappa shape index (κ3) is 2.16. The molecule has 0 spiro atoms. The predicted octanol–water partition coefficient (Wildman–Crippen LogP) is -0.714. The number of carbonyl (C=O) groups excluding carboxylic acids is 2. The lowest BCUT2D eigenvalue weighted by Gasteiger charge is -2.00. The van der Waals surface area contributed by atoms with E-state index in [4.69, 9.17) is 10.2 Å². The van der Waals surface area contributed by atoms with Gasteiger partial charge >= 0.3 is 0 Å². The highest BCUT2D eigenvalue weighted by Crippen LogP contribution is 2.08. The molecule has 0 bridgehead atoms. The maximum absolute atomic E-state index is 11.0. The summed E-state index contributed by atoms with van der Waals surface area (Å²) in [6.45, 7) is -1.26. The molecule has 0 atom stereocenters. The lowest BCUT2D eigenvalue weighted by molar-refractivity contribution is -0.118. The molecule has 0 fully saturated rings. The lowest BCUT2D eigenvalue weighted by atomic mass is 10.0. The van der Waals surface area contributed by atoms with Gasteiger partial charge in [0, 0.05) is 5.57 Å². The highest BCUT2D eigenvalue weighted by molar-refractivity contribution is 6.04. The molecule has 4 nitrogen and oxygen atoms in total. The van der Waals surface area contributed by atoms with Crippen molar-refractivity contribution < 1.29 is 19.8 Å². The van der Waals surface area contributed by atoms with Gasteiger partial charge in [-0.3, -0.25) is 9.59 Å². The molecule has 0 aromatic rings. The maximum atomic E-state index is 11.0. The Labute approximate surface area is 80.2 Å². The normalized spacial score (nSPS) is 13.6. The molecule has 1 aliphatic carbocycles. The first-order chi connectivity index (χ1) is 6.69. The molecule has 0 saturated carbocycles. The van der Waals surface area contributed by atoms with E-state index in [2.05, 4.69) is 11.5 Å². The summed E-state index contributed by atoms with van der Waals surface area (Å²) in [5.41, 5.74) is 5.21. The monoisotopic (exact) mass is 192 g/mol. The molecular formula is C10H8O4. The van der Waals surface area contributed by atoms with Crippen LogP contribution >= 0.6 is 0 Å². The maximum Gasteiger partial charge on any atom is 0.196 e. The zero-order valence-corrected chi connectivity index (χ0v) is 7.28. The van der Waals surface area contributed by atoms with E-state index in [0.717, 1.165) is 0 Å². The smallest absolute Gasteiger partial charge is 0.196 e. The summed E-state index contributed by atoms with van der Waals surface area (Å²) in [6, 6.07) is 0. The molecule has 0 aliphatic heterocycles. The predicted molar refractivity (Wildman–Crippen MR) is 47.4 cm³/mol.